The molecule has 0 aliphatic carbocycles. The smallest absolute Gasteiger partial charge is 0.318 e. The number of carbonyl (C=O) groups excluding carboxylic acids is 2. The van der Waals surface area contributed by atoms with Gasteiger partial charge in [0, 0.05) is 0 Å². The number of hydrogen-bond acceptors (Lipinski definition) is 3. The molecule has 0 spiro atoms. The second-order valence-electron chi connectivity index (χ2n) is 3.14. The number of alkyl halides is 1. The molecule has 0 fully saturated rings. The Bertz CT molecular complexity index is 357. The third-order valence-corrected chi connectivity index (χ3v) is 1.74. The van der Waals surface area contributed by atoms with Gasteiger partial charge in [0.1, 0.15) is 18.8 Å². The van der Waals surface area contributed by atoms with E-state index >= 15 is 0 Å². The molecule has 0 radical (unpaired) electrons. The van der Waals surface area contributed by atoms with Crippen molar-refractivity contribution in [1.82, 2.24) is 0 Å². The fourth-order valence-corrected chi connectivity index (χ4v) is 0.982. The van der Waals surface area contributed by atoms with E-state index in [2.05, 4.69) is 0 Å². The minimum atomic E-state index is -1.14. The van der Waals surface area contributed by atoms with Crippen LogP contribution in [0.1, 0.15) is 12.0 Å². The van der Waals surface area contributed by atoms with Crippen molar-refractivity contribution in [2.24, 2.45) is 0 Å². The molecule has 0 saturated carbocycles. The highest BCUT2D eigenvalue weighted by Crippen LogP contribution is 2.12. The minimum Gasteiger partial charge on any atom is -0.426 e. The zero-order valence-corrected chi connectivity index (χ0v) is 8.33. The van der Waals surface area contributed by atoms with Gasteiger partial charge < -0.3 is 4.74 Å². The van der Waals surface area contributed by atoms with E-state index in [1.807, 2.05) is 6.92 Å². The molecule has 0 aliphatic rings. The van der Waals surface area contributed by atoms with Crippen LogP contribution in [0.25, 0.3) is 0 Å². The molecular weight excluding hydrogens is 199 g/mol. The Morgan fingerprint density at radius 1 is 1.27 bits per heavy atom. The van der Waals surface area contributed by atoms with Gasteiger partial charge in [0.25, 0.3) is 0 Å². The summed E-state index contributed by atoms with van der Waals surface area (Å²) in [4.78, 5) is 21.6. The number of halogens is 1. The van der Waals surface area contributed by atoms with E-state index in [0.717, 1.165) is 5.56 Å². The maximum Gasteiger partial charge on any atom is 0.318 e. The number of esters is 1. The summed E-state index contributed by atoms with van der Waals surface area (Å²) in [6, 6.07) is 6.79. The minimum absolute atomic E-state index is 0.359. The van der Waals surface area contributed by atoms with Crippen LogP contribution in [0.5, 0.6) is 5.75 Å². The normalized spacial score (nSPS) is 9.73. The zero-order valence-electron chi connectivity index (χ0n) is 8.33. The average molecular weight is 210 g/mol. The molecule has 0 saturated heterocycles. The van der Waals surface area contributed by atoms with Crippen LogP contribution in [-0.4, -0.2) is 18.4 Å². The Hall–Kier alpha value is -1.71. The van der Waals surface area contributed by atoms with Crippen LogP contribution < -0.4 is 4.74 Å². The number of carbonyl (C=O) groups is 2. The van der Waals surface area contributed by atoms with E-state index in [4.69, 9.17) is 4.74 Å². The van der Waals surface area contributed by atoms with Gasteiger partial charge in [-0.3, -0.25) is 9.59 Å². The first-order valence-electron chi connectivity index (χ1n) is 4.47. The van der Waals surface area contributed by atoms with Gasteiger partial charge in [-0.1, -0.05) is 17.7 Å². The van der Waals surface area contributed by atoms with Gasteiger partial charge in [0.05, 0.1) is 0 Å². The van der Waals surface area contributed by atoms with Gasteiger partial charge in [-0.2, -0.15) is 0 Å². The van der Waals surface area contributed by atoms with Gasteiger partial charge in [-0.25, -0.2) is 4.39 Å². The van der Waals surface area contributed by atoms with Crippen LogP contribution in [0.3, 0.4) is 0 Å². The summed E-state index contributed by atoms with van der Waals surface area (Å²) in [5, 5.41) is 0. The second-order valence-corrected chi connectivity index (χ2v) is 3.14. The van der Waals surface area contributed by atoms with Crippen LogP contribution >= 0.6 is 0 Å². The summed E-state index contributed by atoms with van der Waals surface area (Å²) in [5.74, 6) is -1.15. The summed E-state index contributed by atoms with van der Waals surface area (Å²) in [6.07, 6.45) is -0.523. The fourth-order valence-electron chi connectivity index (χ4n) is 0.982. The number of ketones is 1. The molecule has 0 aromatic heterocycles. The number of Topliss-reactive ketones (excluding diaryl/α,β-unsaturated/α-hetero) is 1. The molecule has 0 amide bonds. The van der Waals surface area contributed by atoms with Crippen molar-refractivity contribution < 1.29 is 18.7 Å². The fraction of sp³-hybridized carbons (Fsp3) is 0.273. The summed E-state index contributed by atoms with van der Waals surface area (Å²) >= 11 is 0. The molecule has 1 aromatic rings. The highest BCUT2D eigenvalue weighted by atomic mass is 19.1. The van der Waals surface area contributed by atoms with Crippen molar-refractivity contribution in [3.05, 3.63) is 29.8 Å². The highest BCUT2D eigenvalue weighted by Gasteiger charge is 2.10. The van der Waals surface area contributed by atoms with Crippen LogP contribution in [0.2, 0.25) is 0 Å². The number of ether oxygens (including phenoxy) is 1. The SMILES string of the molecule is Cc1ccc(OC(=O)CC(=O)CF)cc1. The standard InChI is InChI=1S/C11H11FO3/c1-8-2-4-10(5-3-8)15-11(14)6-9(13)7-12/h2-5H,6-7H2,1H3. The topological polar surface area (TPSA) is 43.4 Å². The van der Waals surface area contributed by atoms with Crippen molar-refractivity contribution in [3.63, 3.8) is 0 Å². The first kappa shape index (κ1) is 11.4. The first-order valence-corrected chi connectivity index (χ1v) is 4.47. The van der Waals surface area contributed by atoms with Crippen molar-refractivity contribution in [3.8, 4) is 5.75 Å². The summed E-state index contributed by atoms with van der Waals surface area (Å²) < 4.78 is 16.6. The lowest BCUT2D eigenvalue weighted by atomic mass is 10.2. The monoisotopic (exact) mass is 210 g/mol. The lowest BCUT2D eigenvalue weighted by Crippen LogP contribution is -2.14. The van der Waals surface area contributed by atoms with Gasteiger partial charge in [-0.05, 0) is 19.1 Å². The summed E-state index contributed by atoms with van der Waals surface area (Å²) in [6.45, 7) is 0.765. The Labute approximate surface area is 86.9 Å². The van der Waals surface area contributed by atoms with E-state index in [-0.39, 0.29) is 0 Å². The zero-order chi connectivity index (χ0) is 11.3. The lowest BCUT2D eigenvalue weighted by molar-refractivity contribution is -0.138. The van der Waals surface area contributed by atoms with E-state index in [9.17, 15) is 14.0 Å². The van der Waals surface area contributed by atoms with Crippen LogP contribution in [0.15, 0.2) is 24.3 Å². The molecule has 15 heavy (non-hydrogen) atoms. The quantitative estimate of drug-likeness (QED) is 0.432. The largest absolute Gasteiger partial charge is 0.426 e. The maximum absolute atomic E-state index is 11.8. The van der Waals surface area contributed by atoms with Crippen LogP contribution in [0, 0.1) is 6.92 Å². The third-order valence-electron chi connectivity index (χ3n) is 1.74. The van der Waals surface area contributed by atoms with Gasteiger partial charge in [-0.15, -0.1) is 0 Å². The summed E-state index contributed by atoms with van der Waals surface area (Å²) in [5.41, 5.74) is 1.04. The van der Waals surface area contributed by atoms with E-state index in [1.54, 1.807) is 24.3 Å². The molecule has 0 heterocycles. The Morgan fingerprint density at radius 3 is 2.40 bits per heavy atom. The maximum atomic E-state index is 11.8. The molecule has 80 valence electrons. The molecule has 3 nitrogen and oxygen atoms in total. The van der Waals surface area contributed by atoms with E-state index in [1.165, 1.54) is 0 Å². The van der Waals surface area contributed by atoms with Crippen molar-refractivity contribution >= 4 is 11.8 Å². The molecule has 0 aliphatic heterocycles. The molecule has 0 bridgehead atoms. The Morgan fingerprint density at radius 2 is 1.87 bits per heavy atom. The highest BCUT2D eigenvalue weighted by molar-refractivity contribution is 5.96. The van der Waals surface area contributed by atoms with Gasteiger partial charge in [0.15, 0.2) is 5.78 Å². The number of rotatable bonds is 4. The Kier molecular flexibility index (Phi) is 3.97. The van der Waals surface area contributed by atoms with Crippen LogP contribution in [-0.2, 0) is 9.59 Å². The second kappa shape index (κ2) is 5.24. The molecule has 1 aromatic carbocycles. The predicted octanol–water partition coefficient (Wildman–Crippen LogP) is 1.83. The average Bonchev–Trinajstić information content (AvgIpc) is 2.21. The molecule has 0 unspecified atom stereocenters. The number of aryl methyl sites for hydroxylation is 1. The van der Waals surface area contributed by atoms with Gasteiger partial charge >= 0.3 is 5.97 Å². The first-order chi connectivity index (χ1) is 7.11. The van der Waals surface area contributed by atoms with E-state index < -0.39 is 24.8 Å². The molecule has 1 rings (SSSR count). The molecule has 0 atom stereocenters. The molecule has 0 N–H and O–H groups in total. The number of benzene rings is 1. The lowest BCUT2D eigenvalue weighted by Gasteiger charge is -2.02. The third kappa shape index (κ3) is 3.89. The van der Waals surface area contributed by atoms with Crippen molar-refractivity contribution in [1.29, 1.82) is 0 Å². The van der Waals surface area contributed by atoms with Gasteiger partial charge in [0.2, 0.25) is 0 Å². The predicted molar refractivity (Wildman–Crippen MR) is 52.4 cm³/mol. The molecule has 4 heteroatoms. The number of hydrogen-bond donors (Lipinski definition) is 0. The summed E-state index contributed by atoms with van der Waals surface area (Å²) in [7, 11) is 0. The van der Waals surface area contributed by atoms with Crippen LogP contribution in [0.4, 0.5) is 4.39 Å². The Balaban J connectivity index is 2.51. The van der Waals surface area contributed by atoms with Crippen molar-refractivity contribution in [2.45, 2.75) is 13.3 Å². The van der Waals surface area contributed by atoms with E-state index in [0.29, 0.717) is 5.75 Å². The molecular formula is C11H11FO3. The van der Waals surface area contributed by atoms with Crippen molar-refractivity contribution in [2.75, 3.05) is 6.67 Å².